The van der Waals surface area contributed by atoms with Crippen LogP contribution in [0.5, 0.6) is 0 Å². The Morgan fingerprint density at radius 3 is 2.27 bits per heavy atom. The molecule has 1 N–H and O–H groups in total. The van der Waals surface area contributed by atoms with E-state index in [9.17, 15) is 4.79 Å². The number of aryl methyl sites for hydroxylation is 1. The van der Waals surface area contributed by atoms with E-state index >= 15 is 0 Å². The number of carbonyl (C=O) groups is 1. The first-order valence-corrected chi connectivity index (χ1v) is 12.5. The van der Waals surface area contributed by atoms with Crippen LogP contribution in [0.3, 0.4) is 0 Å². The Kier molecular flexibility index (Phi) is 7.37. The monoisotopic (exact) mass is 464 g/mol. The summed E-state index contributed by atoms with van der Waals surface area (Å²) in [6.45, 7) is 18.5. The molecule has 0 bridgehead atoms. The largest absolute Gasteiger partial charge is 0.319 e. The van der Waals surface area contributed by atoms with Crippen LogP contribution in [0.25, 0.3) is 11.0 Å². The first-order chi connectivity index (χ1) is 15.4. The second kappa shape index (κ2) is 9.72. The molecule has 0 aliphatic carbocycles. The van der Waals surface area contributed by atoms with E-state index in [1.54, 1.807) is 6.21 Å². The molecule has 0 fully saturated rings. The van der Waals surface area contributed by atoms with Crippen molar-refractivity contribution in [2.75, 3.05) is 5.75 Å². The van der Waals surface area contributed by atoms with Crippen LogP contribution >= 0.6 is 11.8 Å². The summed E-state index contributed by atoms with van der Waals surface area (Å²) in [5.74, 6) is 0.111. The number of fused-ring (bicyclic) bond motifs is 1. The third kappa shape index (κ3) is 5.85. The zero-order valence-electron chi connectivity index (χ0n) is 21.1. The molecule has 3 aromatic rings. The molecule has 0 aliphatic rings. The van der Waals surface area contributed by atoms with Crippen molar-refractivity contribution in [3.8, 4) is 0 Å². The fraction of sp³-hybridized carbons (Fsp3) is 0.444. The number of rotatable bonds is 6. The summed E-state index contributed by atoms with van der Waals surface area (Å²) in [5.41, 5.74) is 9.69. The fourth-order valence-corrected chi connectivity index (χ4v) is 5.05. The van der Waals surface area contributed by atoms with Gasteiger partial charge in [0.2, 0.25) is 0 Å². The average Bonchev–Trinajstić information content (AvgIpc) is 3.09. The van der Waals surface area contributed by atoms with Gasteiger partial charge in [0.15, 0.2) is 5.16 Å². The Morgan fingerprint density at radius 1 is 1.09 bits per heavy atom. The Balaban J connectivity index is 1.72. The smallest absolute Gasteiger partial charge is 0.250 e. The maximum Gasteiger partial charge on any atom is 0.250 e. The van der Waals surface area contributed by atoms with Gasteiger partial charge in [0.05, 0.1) is 23.0 Å². The van der Waals surface area contributed by atoms with Crippen LogP contribution in [-0.2, 0) is 22.2 Å². The van der Waals surface area contributed by atoms with Gasteiger partial charge in [-0.15, -0.1) is 0 Å². The van der Waals surface area contributed by atoms with Crippen LogP contribution in [-0.4, -0.2) is 27.4 Å². The van der Waals surface area contributed by atoms with Gasteiger partial charge in [-0.05, 0) is 71.2 Å². The van der Waals surface area contributed by atoms with Crippen molar-refractivity contribution in [1.29, 1.82) is 0 Å². The number of para-hydroxylation sites is 2. The maximum atomic E-state index is 12.4. The number of thioether (sulfide) groups is 1. The zero-order valence-corrected chi connectivity index (χ0v) is 21.9. The molecule has 3 rings (SSSR count). The second-order valence-electron chi connectivity index (χ2n) is 10.5. The maximum absolute atomic E-state index is 12.4. The number of hydrogen-bond donors (Lipinski definition) is 1. The summed E-state index contributed by atoms with van der Waals surface area (Å²) in [7, 11) is 0. The van der Waals surface area contributed by atoms with Crippen molar-refractivity contribution in [3.05, 3.63) is 58.7 Å². The number of hydrogen-bond acceptors (Lipinski definition) is 4. The summed E-state index contributed by atoms with van der Waals surface area (Å²) in [6, 6.07) is 12.4. The second-order valence-corrected chi connectivity index (χ2v) is 11.4. The van der Waals surface area contributed by atoms with Gasteiger partial charge in [0.25, 0.3) is 5.91 Å². The molecule has 5 nitrogen and oxygen atoms in total. The van der Waals surface area contributed by atoms with E-state index in [1.165, 1.54) is 28.5 Å². The summed E-state index contributed by atoms with van der Waals surface area (Å²) in [4.78, 5) is 17.1. The summed E-state index contributed by atoms with van der Waals surface area (Å²) < 4.78 is 2.13. The van der Waals surface area contributed by atoms with Crippen LogP contribution in [0.2, 0.25) is 0 Å². The summed E-state index contributed by atoms with van der Waals surface area (Å²) in [6.07, 6.45) is 1.74. The molecule has 0 radical (unpaired) electrons. The van der Waals surface area contributed by atoms with Crippen molar-refractivity contribution in [1.82, 2.24) is 15.0 Å². The number of hydrazone groups is 1. The molecule has 1 amide bonds. The summed E-state index contributed by atoms with van der Waals surface area (Å²) >= 11 is 1.43. The molecule has 0 spiro atoms. The van der Waals surface area contributed by atoms with Gasteiger partial charge in [-0.1, -0.05) is 65.4 Å². The molecule has 0 aliphatic heterocycles. The van der Waals surface area contributed by atoms with E-state index in [-0.39, 0.29) is 22.5 Å². The quantitative estimate of drug-likeness (QED) is 0.268. The van der Waals surface area contributed by atoms with Gasteiger partial charge in [-0.25, -0.2) is 10.4 Å². The lowest BCUT2D eigenvalue weighted by Gasteiger charge is -2.29. The van der Waals surface area contributed by atoms with E-state index < -0.39 is 0 Å². The highest BCUT2D eigenvalue weighted by molar-refractivity contribution is 7.99. The van der Waals surface area contributed by atoms with Gasteiger partial charge in [0.1, 0.15) is 0 Å². The van der Waals surface area contributed by atoms with Crippen molar-refractivity contribution < 1.29 is 4.79 Å². The Hall–Kier alpha value is -2.60. The standard InChI is InChI=1S/C27H36N4OS/c1-9-31-23-13-11-10-12-22(23)29-25(31)33-17-24(32)30-28-16-19-14-20(26(3,4)5)18(2)21(15-19)27(6,7)8/h10-16H,9,17H2,1-8H3,(H,30,32)/b28-16+. The fourth-order valence-electron chi connectivity index (χ4n) is 4.18. The highest BCUT2D eigenvalue weighted by Gasteiger charge is 2.24. The minimum atomic E-state index is -0.148. The molecular weight excluding hydrogens is 428 g/mol. The van der Waals surface area contributed by atoms with Gasteiger partial charge in [-0.2, -0.15) is 5.10 Å². The molecule has 6 heteroatoms. The Morgan fingerprint density at radius 2 is 1.70 bits per heavy atom. The van der Waals surface area contributed by atoms with Crippen LogP contribution in [0.15, 0.2) is 46.7 Å². The molecule has 0 atom stereocenters. The third-order valence-corrected chi connectivity index (χ3v) is 6.69. The third-order valence-electron chi connectivity index (χ3n) is 5.72. The van der Waals surface area contributed by atoms with Gasteiger partial charge < -0.3 is 4.57 Å². The number of benzene rings is 2. The van der Waals surface area contributed by atoms with E-state index in [0.717, 1.165) is 28.3 Å². The number of amides is 1. The molecule has 1 heterocycles. The highest BCUT2D eigenvalue weighted by atomic mass is 32.2. The first-order valence-electron chi connectivity index (χ1n) is 11.5. The average molecular weight is 465 g/mol. The SMILES string of the molecule is CCn1c(SCC(=O)N/N=C/c2cc(C(C)(C)C)c(C)c(C(C)(C)C)c2)nc2ccccc21. The molecular formula is C27H36N4OS. The molecule has 0 unspecified atom stereocenters. The van der Waals surface area contributed by atoms with Crippen molar-refractivity contribution >= 4 is 34.9 Å². The topological polar surface area (TPSA) is 59.3 Å². The number of carbonyl (C=O) groups excluding carboxylic acids is 1. The Labute approximate surface area is 202 Å². The van der Waals surface area contributed by atoms with Gasteiger partial charge >= 0.3 is 0 Å². The number of imidazole rings is 1. The molecule has 1 aromatic heterocycles. The lowest BCUT2D eigenvalue weighted by atomic mass is 9.76. The van der Waals surface area contributed by atoms with Crippen LogP contribution in [0, 0.1) is 6.92 Å². The van der Waals surface area contributed by atoms with Crippen LogP contribution in [0.1, 0.15) is 70.7 Å². The predicted octanol–water partition coefficient (Wildman–Crippen LogP) is 6.20. The van der Waals surface area contributed by atoms with Gasteiger partial charge in [-0.3, -0.25) is 4.79 Å². The predicted molar refractivity (Wildman–Crippen MR) is 140 cm³/mol. The van der Waals surface area contributed by atoms with Crippen molar-refractivity contribution in [2.24, 2.45) is 5.10 Å². The lowest BCUT2D eigenvalue weighted by Crippen LogP contribution is -2.21. The van der Waals surface area contributed by atoms with Crippen LogP contribution in [0.4, 0.5) is 0 Å². The van der Waals surface area contributed by atoms with E-state index in [4.69, 9.17) is 0 Å². The Bertz CT molecular complexity index is 1140. The number of aromatic nitrogens is 2. The highest BCUT2D eigenvalue weighted by Crippen LogP contribution is 2.34. The molecule has 0 saturated heterocycles. The van der Waals surface area contributed by atoms with Crippen LogP contribution < -0.4 is 5.43 Å². The normalized spacial score (nSPS) is 12.6. The minimum absolute atomic E-state index is 0.0263. The molecule has 33 heavy (non-hydrogen) atoms. The van der Waals surface area contributed by atoms with E-state index in [1.807, 2.05) is 18.2 Å². The lowest BCUT2D eigenvalue weighted by molar-refractivity contribution is -0.118. The van der Waals surface area contributed by atoms with E-state index in [2.05, 4.69) is 93.7 Å². The number of nitrogens with one attached hydrogen (secondary N) is 1. The first kappa shape index (κ1) is 25.0. The van der Waals surface area contributed by atoms with Crippen molar-refractivity contribution in [2.45, 2.75) is 77.9 Å². The van der Waals surface area contributed by atoms with E-state index in [0.29, 0.717) is 0 Å². The molecule has 2 aromatic carbocycles. The van der Waals surface area contributed by atoms with Crippen molar-refractivity contribution in [3.63, 3.8) is 0 Å². The van der Waals surface area contributed by atoms with Gasteiger partial charge in [0, 0.05) is 6.54 Å². The zero-order chi connectivity index (χ0) is 24.4. The number of nitrogens with zero attached hydrogens (tertiary/aromatic N) is 3. The molecule has 0 saturated carbocycles. The summed E-state index contributed by atoms with van der Waals surface area (Å²) in [5, 5.41) is 5.10. The minimum Gasteiger partial charge on any atom is -0.319 e. The molecule has 176 valence electrons.